The predicted octanol–water partition coefficient (Wildman–Crippen LogP) is 4.10. The minimum Gasteiger partial charge on any atom is -0.383 e. The number of hydrogen-bond donors (Lipinski definition) is 1. The van der Waals surface area contributed by atoms with Crippen LogP contribution in [0.25, 0.3) is 16.9 Å². The first-order valence-corrected chi connectivity index (χ1v) is 6.97. The van der Waals surface area contributed by atoms with Gasteiger partial charge in [-0.3, -0.25) is 4.40 Å². The van der Waals surface area contributed by atoms with Gasteiger partial charge in [0, 0.05) is 16.2 Å². The molecule has 0 unspecified atom stereocenters. The number of benzene rings is 1. The molecule has 3 nitrogen and oxygen atoms in total. The van der Waals surface area contributed by atoms with Crippen LogP contribution < -0.4 is 5.73 Å². The monoisotopic (exact) mass is 333 g/mol. The fraction of sp³-hybridized carbons (Fsp3) is 0.133. The molecule has 0 atom stereocenters. The van der Waals surface area contributed by atoms with Crippen molar-refractivity contribution in [3.63, 3.8) is 0 Å². The molecule has 0 fully saturated rings. The zero-order valence-electron chi connectivity index (χ0n) is 11.1. The summed E-state index contributed by atoms with van der Waals surface area (Å²) in [6, 6.07) is 6.89. The van der Waals surface area contributed by atoms with Crippen LogP contribution in [-0.4, -0.2) is 9.38 Å². The van der Waals surface area contributed by atoms with Gasteiger partial charge in [-0.15, -0.1) is 0 Å². The summed E-state index contributed by atoms with van der Waals surface area (Å²) in [6.07, 6.45) is 1.84. The number of nitrogen functional groups attached to an aromatic ring is 1. The highest BCUT2D eigenvalue weighted by atomic mass is 79.9. The Morgan fingerprint density at radius 1 is 1.25 bits per heavy atom. The highest BCUT2D eigenvalue weighted by Crippen LogP contribution is 2.31. The molecular formula is C15H13BrFN3. The summed E-state index contributed by atoms with van der Waals surface area (Å²) >= 11 is 3.43. The first kappa shape index (κ1) is 13.1. The van der Waals surface area contributed by atoms with Crippen LogP contribution in [0.3, 0.4) is 0 Å². The van der Waals surface area contributed by atoms with Crippen LogP contribution in [0.2, 0.25) is 0 Å². The Kier molecular flexibility index (Phi) is 3.01. The number of aromatic nitrogens is 2. The van der Waals surface area contributed by atoms with E-state index in [0.717, 1.165) is 21.2 Å². The van der Waals surface area contributed by atoms with E-state index in [4.69, 9.17) is 5.73 Å². The molecule has 2 N–H and O–H groups in total. The van der Waals surface area contributed by atoms with E-state index in [0.29, 0.717) is 17.1 Å². The smallest absolute Gasteiger partial charge is 0.142 e. The maximum Gasteiger partial charge on any atom is 0.142 e. The van der Waals surface area contributed by atoms with Gasteiger partial charge in [-0.2, -0.15) is 0 Å². The molecule has 3 aromatic rings. The minimum atomic E-state index is -0.317. The molecule has 20 heavy (non-hydrogen) atoms. The molecule has 3 rings (SSSR count). The van der Waals surface area contributed by atoms with Gasteiger partial charge in [0.25, 0.3) is 0 Å². The van der Waals surface area contributed by atoms with Crippen LogP contribution in [0.4, 0.5) is 10.2 Å². The van der Waals surface area contributed by atoms with Crippen molar-refractivity contribution in [3.05, 3.63) is 51.9 Å². The second kappa shape index (κ2) is 4.59. The number of nitrogens with zero attached hydrogens (tertiary/aromatic N) is 2. The van der Waals surface area contributed by atoms with Crippen molar-refractivity contribution in [1.82, 2.24) is 9.38 Å². The third kappa shape index (κ3) is 1.98. The molecule has 0 aliphatic rings. The van der Waals surface area contributed by atoms with Gasteiger partial charge in [-0.1, -0.05) is 11.6 Å². The molecule has 0 bridgehead atoms. The topological polar surface area (TPSA) is 43.3 Å². The van der Waals surface area contributed by atoms with E-state index in [1.165, 1.54) is 6.07 Å². The maximum absolute atomic E-state index is 14.0. The minimum absolute atomic E-state index is 0.317. The standard InChI is InChI=1S/C15H13BrFN3/c1-8-3-4-12(17)11(5-8)13-14(18)20-7-10(16)6-9(2)15(20)19-13/h3-7H,18H2,1-2H3. The largest absolute Gasteiger partial charge is 0.383 e. The molecule has 0 aliphatic carbocycles. The number of pyridine rings is 1. The van der Waals surface area contributed by atoms with Gasteiger partial charge < -0.3 is 5.73 Å². The lowest BCUT2D eigenvalue weighted by Gasteiger charge is -2.03. The predicted molar refractivity (Wildman–Crippen MR) is 82.2 cm³/mol. The van der Waals surface area contributed by atoms with E-state index in [-0.39, 0.29) is 5.82 Å². The molecule has 5 heteroatoms. The van der Waals surface area contributed by atoms with E-state index in [9.17, 15) is 4.39 Å². The SMILES string of the molecule is Cc1ccc(F)c(-c2nc3c(C)cc(Br)cn3c2N)c1. The average Bonchev–Trinajstić information content (AvgIpc) is 2.71. The number of hydrogen-bond acceptors (Lipinski definition) is 2. The lowest BCUT2D eigenvalue weighted by molar-refractivity contribution is 0.630. The maximum atomic E-state index is 14.0. The Balaban J connectivity index is 2.35. The lowest BCUT2D eigenvalue weighted by atomic mass is 10.1. The fourth-order valence-corrected chi connectivity index (χ4v) is 2.85. The van der Waals surface area contributed by atoms with Gasteiger partial charge in [-0.05, 0) is 53.5 Å². The molecule has 0 saturated heterocycles. The molecule has 2 heterocycles. The van der Waals surface area contributed by atoms with Crippen LogP contribution in [0.15, 0.2) is 34.9 Å². The van der Waals surface area contributed by atoms with Gasteiger partial charge in [0.05, 0.1) is 0 Å². The van der Waals surface area contributed by atoms with E-state index in [1.807, 2.05) is 26.1 Å². The van der Waals surface area contributed by atoms with E-state index in [1.54, 1.807) is 16.5 Å². The molecule has 0 amide bonds. The number of rotatable bonds is 1. The van der Waals surface area contributed by atoms with Crippen molar-refractivity contribution in [2.75, 3.05) is 5.73 Å². The van der Waals surface area contributed by atoms with Gasteiger partial charge in [0.2, 0.25) is 0 Å². The zero-order valence-corrected chi connectivity index (χ0v) is 12.7. The van der Waals surface area contributed by atoms with E-state index < -0.39 is 0 Å². The Morgan fingerprint density at radius 2 is 2.00 bits per heavy atom. The number of aryl methyl sites for hydroxylation is 2. The number of imidazole rings is 1. The highest BCUT2D eigenvalue weighted by Gasteiger charge is 2.16. The summed E-state index contributed by atoms with van der Waals surface area (Å²) in [5, 5.41) is 0. The van der Waals surface area contributed by atoms with Crippen molar-refractivity contribution < 1.29 is 4.39 Å². The van der Waals surface area contributed by atoms with Crippen LogP contribution in [0.1, 0.15) is 11.1 Å². The molecule has 0 aliphatic heterocycles. The van der Waals surface area contributed by atoms with Crippen LogP contribution in [0, 0.1) is 19.7 Å². The summed E-state index contributed by atoms with van der Waals surface area (Å²) in [4.78, 5) is 4.50. The fourth-order valence-electron chi connectivity index (χ4n) is 2.30. The Bertz CT molecular complexity index is 824. The summed E-state index contributed by atoms with van der Waals surface area (Å²) < 4.78 is 16.7. The van der Waals surface area contributed by atoms with Crippen molar-refractivity contribution in [1.29, 1.82) is 0 Å². The molecule has 0 spiro atoms. The number of nitrogens with two attached hydrogens (primary N) is 1. The molecule has 1 aromatic carbocycles. The third-order valence-electron chi connectivity index (χ3n) is 3.28. The number of anilines is 1. The Labute approximate surface area is 124 Å². The van der Waals surface area contributed by atoms with Crippen LogP contribution in [0.5, 0.6) is 0 Å². The molecule has 102 valence electrons. The van der Waals surface area contributed by atoms with Crippen molar-refractivity contribution in [3.8, 4) is 11.3 Å². The van der Waals surface area contributed by atoms with Crippen molar-refractivity contribution in [2.24, 2.45) is 0 Å². The van der Waals surface area contributed by atoms with Gasteiger partial charge in [0.1, 0.15) is 23.0 Å². The Morgan fingerprint density at radius 3 is 2.75 bits per heavy atom. The first-order chi connectivity index (χ1) is 9.47. The van der Waals surface area contributed by atoms with Crippen molar-refractivity contribution in [2.45, 2.75) is 13.8 Å². The quantitative estimate of drug-likeness (QED) is 0.728. The number of fused-ring (bicyclic) bond motifs is 1. The molecule has 2 aromatic heterocycles. The normalized spacial score (nSPS) is 11.2. The molecule has 0 radical (unpaired) electrons. The van der Waals surface area contributed by atoms with Gasteiger partial charge in [0.15, 0.2) is 0 Å². The third-order valence-corrected chi connectivity index (χ3v) is 3.72. The Hall–Kier alpha value is -1.88. The summed E-state index contributed by atoms with van der Waals surface area (Å²) in [5.74, 6) is 0.122. The zero-order chi connectivity index (χ0) is 14.4. The first-order valence-electron chi connectivity index (χ1n) is 6.17. The second-order valence-electron chi connectivity index (χ2n) is 4.86. The van der Waals surface area contributed by atoms with Crippen LogP contribution >= 0.6 is 15.9 Å². The van der Waals surface area contributed by atoms with Gasteiger partial charge >= 0.3 is 0 Å². The molecule has 0 saturated carbocycles. The second-order valence-corrected chi connectivity index (χ2v) is 5.78. The highest BCUT2D eigenvalue weighted by molar-refractivity contribution is 9.10. The van der Waals surface area contributed by atoms with Crippen molar-refractivity contribution >= 4 is 27.4 Å². The lowest BCUT2D eigenvalue weighted by Crippen LogP contribution is -1.96. The van der Waals surface area contributed by atoms with E-state index in [2.05, 4.69) is 20.9 Å². The van der Waals surface area contributed by atoms with Crippen LogP contribution in [-0.2, 0) is 0 Å². The van der Waals surface area contributed by atoms with Gasteiger partial charge in [-0.25, -0.2) is 9.37 Å². The summed E-state index contributed by atoms with van der Waals surface area (Å²) in [5.41, 5.74) is 9.74. The summed E-state index contributed by atoms with van der Waals surface area (Å²) in [6.45, 7) is 3.86. The van der Waals surface area contributed by atoms with E-state index >= 15 is 0 Å². The summed E-state index contributed by atoms with van der Waals surface area (Å²) in [7, 11) is 0. The molecular weight excluding hydrogens is 321 g/mol. The average molecular weight is 334 g/mol. The number of halogens is 2.